The van der Waals surface area contributed by atoms with Crippen molar-refractivity contribution in [2.24, 2.45) is 0 Å². The molecule has 0 aliphatic rings. The van der Waals surface area contributed by atoms with E-state index in [4.69, 9.17) is 16.3 Å². The van der Waals surface area contributed by atoms with Crippen LogP contribution in [-0.2, 0) is 21.0 Å². The quantitative estimate of drug-likeness (QED) is 0.758. The Morgan fingerprint density at radius 3 is 2.50 bits per heavy atom. The first kappa shape index (κ1) is 15.3. The Kier molecular flexibility index (Phi) is 5.49. The van der Waals surface area contributed by atoms with Crippen molar-refractivity contribution in [1.82, 2.24) is 0 Å². The number of ether oxygens (including phenoxy) is 1. The lowest BCUT2D eigenvalue weighted by Gasteiger charge is -2.12. The van der Waals surface area contributed by atoms with Crippen molar-refractivity contribution in [3.8, 4) is 0 Å². The van der Waals surface area contributed by atoms with Gasteiger partial charge in [-0.3, -0.25) is 0 Å². The lowest BCUT2D eigenvalue weighted by atomic mass is 10.1. The van der Waals surface area contributed by atoms with Crippen LogP contribution in [0.25, 0.3) is 0 Å². The molecule has 7 heteroatoms. The van der Waals surface area contributed by atoms with Crippen LogP contribution in [0, 0.1) is 0 Å². The van der Waals surface area contributed by atoms with E-state index in [-0.39, 0.29) is 23.5 Å². The third-order valence-corrected chi connectivity index (χ3v) is 4.06. The van der Waals surface area contributed by atoms with E-state index in [2.05, 4.69) is 0 Å². The molecule has 3 nitrogen and oxygen atoms in total. The van der Waals surface area contributed by atoms with Crippen LogP contribution in [0.2, 0.25) is 0 Å². The summed E-state index contributed by atoms with van der Waals surface area (Å²) in [7, 11) is -3.15. The zero-order valence-electron chi connectivity index (χ0n) is 9.65. The monoisotopic (exact) mass is 298 g/mol. The molecule has 0 amide bonds. The first-order valence-corrected chi connectivity index (χ1v) is 7.10. The predicted molar refractivity (Wildman–Crippen MR) is 64.9 cm³/mol. The topological polar surface area (TPSA) is 43.4 Å². The second-order valence-corrected chi connectivity index (χ2v) is 6.17. The Hall–Kier alpha value is -0.720. The molecule has 0 radical (unpaired) electrons. The Balaban J connectivity index is 3.08. The Labute approximate surface area is 110 Å². The van der Waals surface area contributed by atoms with Crippen molar-refractivity contribution < 1.29 is 21.9 Å². The molecule has 0 spiro atoms. The van der Waals surface area contributed by atoms with Gasteiger partial charge in [0.2, 0.25) is 9.84 Å². The predicted octanol–water partition coefficient (Wildman–Crippen LogP) is 2.48. The molecule has 0 saturated heterocycles. The molecule has 1 rings (SSSR count). The summed E-state index contributed by atoms with van der Waals surface area (Å²) in [5, 5.41) is -0.468. The number of hydrogen-bond donors (Lipinski definition) is 0. The fraction of sp³-hybridized carbons (Fsp3) is 0.455. The summed E-state index contributed by atoms with van der Waals surface area (Å²) in [6.07, 6.45) is 0.150. The molecule has 0 aliphatic carbocycles. The van der Waals surface area contributed by atoms with Gasteiger partial charge in [-0.1, -0.05) is 18.2 Å². The third-order valence-electron chi connectivity index (χ3n) is 2.30. The molecule has 18 heavy (non-hydrogen) atoms. The molecule has 0 bridgehead atoms. The minimum Gasteiger partial charge on any atom is -0.383 e. The van der Waals surface area contributed by atoms with Crippen LogP contribution in [0.4, 0.5) is 8.78 Å². The van der Waals surface area contributed by atoms with E-state index in [0.717, 1.165) is 6.07 Å². The van der Waals surface area contributed by atoms with Gasteiger partial charge in [-0.15, -0.1) is 11.6 Å². The number of halogens is 3. The van der Waals surface area contributed by atoms with Crippen LogP contribution in [0.15, 0.2) is 29.2 Å². The molecule has 102 valence electrons. The summed E-state index contributed by atoms with van der Waals surface area (Å²) in [4.78, 5) is -0.373. The summed E-state index contributed by atoms with van der Waals surface area (Å²) in [5.74, 6) is -3.44. The second-order valence-electron chi connectivity index (χ2n) is 3.67. The number of hydrogen-bond acceptors (Lipinski definition) is 3. The highest BCUT2D eigenvalue weighted by Gasteiger charge is 2.29. The van der Waals surface area contributed by atoms with Crippen LogP contribution in [0.1, 0.15) is 5.56 Å². The van der Waals surface area contributed by atoms with Crippen LogP contribution in [0.3, 0.4) is 0 Å². The van der Waals surface area contributed by atoms with Crippen LogP contribution in [-0.4, -0.2) is 33.3 Å². The highest BCUT2D eigenvalue weighted by Crippen LogP contribution is 2.24. The summed E-state index contributed by atoms with van der Waals surface area (Å²) in [6, 6.07) is 5.61. The van der Waals surface area contributed by atoms with Gasteiger partial charge in [-0.25, -0.2) is 8.42 Å². The molecule has 0 fully saturated rings. The van der Waals surface area contributed by atoms with E-state index in [1.165, 1.54) is 19.2 Å². The number of rotatable bonds is 6. The van der Waals surface area contributed by atoms with Crippen LogP contribution < -0.4 is 0 Å². The van der Waals surface area contributed by atoms with Crippen LogP contribution in [0.5, 0.6) is 0 Å². The fourth-order valence-corrected chi connectivity index (χ4v) is 2.79. The maximum atomic E-state index is 12.5. The van der Waals surface area contributed by atoms with Gasteiger partial charge in [-0.05, 0) is 18.1 Å². The number of alkyl halides is 3. The molecule has 1 aromatic carbocycles. The van der Waals surface area contributed by atoms with Gasteiger partial charge in [0.25, 0.3) is 0 Å². The highest BCUT2D eigenvalue weighted by atomic mass is 35.5. The Morgan fingerprint density at radius 2 is 1.94 bits per heavy atom. The zero-order valence-corrected chi connectivity index (χ0v) is 11.2. The van der Waals surface area contributed by atoms with Gasteiger partial charge >= 0.3 is 5.76 Å². The summed E-state index contributed by atoms with van der Waals surface area (Å²) in [6.45, 7) is 0.213. The van der Waals surface area contributed by atoms with Crippen molar-refractivity contribution in [2.45, 2.75) is 22.5 Å². The number of benzene rings is 1. The molecule has 0 N–H and O–H groups in total. The highest BCUT2D eigenvalue weighted by molar-refractivity contribution is 7.91. The van der Waals surface area contributed by atoms with E-state index in [1.54, 1.807) is 6.07 Å². The van der Waals surface area contributed by atoms with Gasteiger partial charge in [0.1, 0.15) is 0 Å². The fourth-order valence-electron chi connectivity index (χ4n) is 1.52. The van der Waals surface area contributed by atoms with Crippen molar-refractivity contribution in [3.05, 3.63) is 29.8 Å². The largest absolute Gasteiger partial charge is 0.383 e. The summed E-state index contributed by atoms with van der Waals surface area (Å²) < 4.78 is 52.8. The molecular weight excluding hydrogens is 286 g/mol. The average molecular weight is 299 g/mol. The molecule has 0 heterocycles. The molecule has 1 atom stereocenters. The van der Waals surface area contributed by atoms with Gasteiger partial charge in [-0.2, -0.15) is 8.78 Å². The van der Waals surface area contributed by atoms with E-state index in [1.807, 2.05) is 0 Å². The van der Waals surface area contributed by atoms with Gasteiger partial charge in [0, 0.05) is 7.11 Å². The van der Waals surface area contributed by atoms with E-state index in [9.17, 15) is 17.2 Å². The maximum Gasteiger partial charge on any atom is 0.341 e. The van der Waals surface area contributed by atoms with Crippen molar-refractivity contribution >= 4 is 21.4 Å². The van der Waals surface area contributed by atoms with E-state index in [0.29, 0.717) is 0 Å². The Bertz CT molecular complexity index is 491. The van der Waals surface area contributed by atoms with Gasteiger partial charge < -0.3 is 4.74 Å². The van der Waals surface area contributed by atoms with Gasteiger partial charge in [0.05, 0.1) is 16.9 Å². The number of sulfone groups is 1. The molecule has 1 aromatic rings. The van der Waals surface area contributed by atoms with E-state index < -0.39 is 21.0 Å². The maximum absolute atomic E-state index is 12.5. The minimum atomic E-state index is -4.60. The molecule has 1 unspecified atom stereocenters. The van der Waals surface area contributed by atoms with Gasteiger partial charge in [0.15, 0.2) is 0 Å². The van der Waals surface area contributed by atoms with E-state index >= 15 is 0 Å². The third kappa shape index (κ3) is 3.63. The molecule has 0 saturated carbocycles. The lowest BCUT2D eigenvalue weighted by molar-refractivity contribution is 0.197. The molecule has 0 aliphatic heterocycles. The summed E-state index contributed by atoms with van der Waals surface area (Å²) >= 11 is 5.91. The zero-order chi connectivity index (χ0) is 13.8. The molecule has 0 aromatic heterocycles. The standard InChI is InChI=1S/C11H13ClF2O3S/c1-17-7-9(12)6-8-4-2-3-5-10(8)18(15,16)11(13)14/h2-5,9,11H,6-7H2,1H3. The first-order valence-electron chi connectivity index (χ1n) is 5.12. The van der Waals surface area contributed by atoms with Crippen molar-refractivity contribution in [3.63, 3.8) is 0 Å². The second kappa shape index (κ2) is 6.45. The normalized spacial score (nSPS) is 13.8. The smallest absolute Gasteiger partial charge is 0.341 e. The summed E-state index contributed by atoms with van der Waals surface area (Å²) in [5.41, 5.74) is 0.273. The first-order chi connectivity index (χ1) is 8.39. The van der Waals surface area contributed by atoms with Crippen molar-refractivity contribution in [2.75, 3.05) is 13.7 Å². The SMILES string of the molecule is COCC(Cl)Cc1ccccc1S(=O)(=O)C(F)F. The number of methoxy groups -OCH3 is 1. The molecular formula is C11H13ClF2O3S. The average Bonchev–Trinajstić information content (AvgIpc) is 2.29. The minimum absolute atomic E-state index is 0.150. The lowest BCUT2D eigenvalue weighted by Crippen LogP contribution is -2.17. The van der Waals surface area contributed by atoms with Crippen molar-refractivity contribution in [1.29, 1.82) is 0 Å². The van der Waals surface area contributed by atoms with Crippen LogP contribution >= 0.6 is 11.6 Å². The Morgan fingerprint density at radius 1 is 1.33 bits per heavy atom.